The molecule has 0 saturated carbocycles. The molecule has 0 unspecified atom stereocenters. The summed E-state index contributed by atoms with van der Waals surface area (Å²) in [5.41, 5.74) is 9.31. The average molecular weight is 230 g/mol. The summed E-state index contributed by atoms with van der Waals surface area (Å²) < 4.78 is 4.98. The summed E-state index contributed by atoms with van der Waals surface area (Å²) in [6, 6.07) is 6.12. The fraction of sp³-hybridized carbons (Fsp3) is 0.333. The molecule has 0 saturated heterocycles. The molecule has 1 aromatic carbocycles. The molecule has 88 valence electrons. The van der Waals surface area contributed by atoms with E-state index in [1.807, 2.05) is 6.07 Å². The number of aromatic nitrogens is 2. The monoisotopic (exact) mass is 230 g/mol. The van der Waals surface area contributed by atoms with Crippen LogP contribution in [0.3, 0.4) is 0 Å². The Morgan fingerprint density at radius 2 is 2.18 bits per heavy atom. The Kier molecular flexibility index (Phi) is 2.53. The van der Waals surface area contributed by atoms with Crippen LogP contribution in [0.25, 0.3) is 0 Å². The Hall–Kier alpha value is -1.88. The first-order valence-electron chi connectivity index (χ1n) is 5.66. The molecule has 2 aromatic rings. The van der Waals surface area contributed by atoms with Crippen molar-refractivity contribution >= 4 is 5.69 Å². The Labute approximate surface area is 99.2 Å². The Balaban J connectivity index is 1.62. The molecule has 0 radical (unpaired) electrons. The summed E-state index contributed by atoms with van der Waals surface area (Å²) in [5.74, 6) is 0.695. The van der Waals surface area contributed by atoms with E-state index in [1.165, 1.54) is 17.5 Å². The summed E-state index contributed by atoms with van der Waals surface area (Å²) in [5, 5.41) is 3.60. The predicted molar refractivity (Wildman–Crippen MR) is 63.0 cm³/mol. The fourth-order valence-corrected chi connectivity index (χ4v) is 2.20. The zero-order valence-corrected chi connectivity index (χ0v) is 9.47. The third kappa shape index (κ3) is 2.14. The average Bonchev–Trinajstić information content (AvgIpc) is 2.94. The molecule has 0 atom stereocenters. The van der Waals surface area contributed by atoms with Gasteiger partial charge in [0.25, 0.3) is 0 Å². The number of nitrogens with two attached hydrogens (primary N) is 1. The Bertz CT molecular complexity index is 509. The molecule has 1 aromatic heterocycles. The highest BCUT2D eigenvalue weighted by atomic mass is 16.5. The van der Waals surface area contributed by atoms with Crippen molar-refractivity contribution in [2.75, 3.05) is 12.3 Å². The summed E-state index contributed by atoms with van der Waals surface area (Å²) >= 11 is 0. The summed E-state index contributed by atoms with van der Waals surface area (Å²) in [6.07, 6.45) is 2.23. The maximum Gasteiger partial charge on any atom is 0.227 e. The number of benzene rings is 1. The minimum atomic E-state index is 0.695. The molecule has 3 rings (SSSR count). The van der Waals surface area contributed by atoms with Crippen molar-refractivity contribution in [3.63, 3.8) is 0 Å². The summed E-state index contributed by atoms with van der Waals surface area (Å²) in [6.45, 7) is 2.86. The molecule has 0 bridgehead atoms. The number of fused-ring (bicyclic) bond motifs is 1. The molecule has 2 heterocycles. The second-order valence-electron chi connectivity index (χ2n) is 4.32. The number of anilines is 1. The van der Waals surface area contributed by atoms with Gasteiger partial charge >= 0.3 is 0 Å². The van der Waals surface area contributed by atoms with Crippen LogP contribution in [0, 0.1) is 0 Å². The van der Waals surface area contributed by atoms with E-state index in [0.717, 1.165) is 31.7 Å². The number of nitrogen functional groups attached to an aromatic ring is 1. The van der Waals surface area contributed by atoms with Crippen LogP contribution in [0.2, 0.25) is 0 Å². The smallest absolute Gasteiger partial charge is 0.227 e. The van der Waals surface area contributed by atoms with Gasteiger partial charge < -0.3 is 10.3 Å². The van der Waals surface area contributed by atoms with E-state index in [2.05, 4.69) is 27.2 Å². The lowest BCUT2D eigenvalue weighted by atomic mass is 10.1. The Morgan fingerprint density at radius 3 is 3.00 bits per heavy atom. The van der Waals surface area contributed by atoms with E-state index < -0.39 is 0 Å². The predicted octanol–water partition coefficient (Wildman–Crippen LogP) is 1.21. The zero-order chi connectivity index (χ0) is 11.7. The van der Waals surface area contributed by atoms with Gasteiger partial charge in [0.1, 0.15) is 0 Å². The molecular formula is C12H14N4O. The highest BCUT2D eigenvalue weighted by Crippen LogP contribution is 2.24. The van der Waals surface area contributed by atoms with Gasteiger partial charge in [-0.25, -0.2) is 0 Å². The van der Waals surface area contributed by atoms with Crippen molar-refractivity contribution in [2.24, 2.45) is 0 Å². The maximum absolute atomic E-state index is 5.78. The number of nitrogens with zero attached hydrogens (tertiary/aromatic N) is 3. The van der Waals surface area contributed by atoms with Gasteiger partial charge in [0.05, 0.1) is 0 Å². The van der Waals surface area contributed by atoms with Crippen LogP contribution in [-0.4, -0.2) is 21.6 Å². The van der Waals surface area contributed by atoms with E-state index in [1.54, 1.807) is 0 Å². The molecule has 1 aliphatic rings. The van der Waals surface area contributed by atoms with Crippen LogP contribution in [0.15, 0.2) is 29.0 Å². The molecule has 0 spiro atoms. The highest BCUT2D eigenvalue weighted by Gasteiger charge is 2.18. The van der Waals surface area contributed by atoms with Gasteiger partial charge in [-0.1, -0.05) is 11.2 Å². The molecule has 0 fully saturated rings. The van der Waals surface area contributed by atoms with Gasteiger partial charge in [-0.2, -0.15) is 4.98 Å². The third-order valence-electron chi connectivity index (χ3n) is 3.07. The van der Waals surface area contributed by atoms with Gasteiger partial charge in [-0.05, 0) is 23.3 Å². The van der Waals surface area contributed by atoms with E-state index in [4.69, 9.17) is 10.3 Å². The van der Waals surface area contributed by atoms with Gasteiger partial charge in [0.15, 0.2) is 6.33 Å². The van der Waals surface area contributed by atoms with Gasteiger partial charge in [-0.15, -0.1) is 0 Å². The largest absolute Gasteiger partial charge is 0.399 e. The van der Waals surface area contributed by atoms with Crippen molar-refractivity contribution in [2.45, 2.75) is 19.5 Å². The van der Waals surface area contributed by atoms with Crippen LogP contribution < -0.4 is 5.73 Å². The first kappa shape index (κ1) is 10.3. The molecule has 1 aliphatic heterocycles. The highest BCUT2D eigenvalue weighted by molar-refractivity contribution is 5.46. The zero-order valence-electron chi connectivity index (χ0n) is 9.47. The van der Waals surface area contributed by atoms with E-state index >= 15 is 0 Å². The molecule has 5 heteroatoms. The van der Waals surface area contributed by atoms with Crippen molar-refractivity contribution < 1.29 is 4.52 Å². The van der Waals surface area contributed by atoms with Crippen molar-refractivity contribution in [3.8, 4) is 0 Å². The van der Waals surface area contributed by atoms with E-state index in [0.29, 0.717) is 5.89 Å². The summed E-state index contributed by atoms with van der Waals surface area (Å²) in [4.78, 5) is 6.37. The first-order chi connectivity index (χ1) is 8.31. The first-order valence-corrected chi connectivity index (χ1v) is 5.66. The standard InChI is InChI=1S/C12H14N4O/c13-11-2-1-9-6-16(7-10(9)5-11)4-3-12-14-8-15-17-12/h1-2,5,8H,3-4,6-7,13H2. The summed E-state index contributed by atoms with van der Waals surface area (Å²) in [7, 11) is 0. The van der Waals surface area contributed by atoms with Crippen LogP contribution >= 0.6 is 0 Å². The number of hydrogen-bond acceptors (Lipinski definition) is 5. The van der Waals surface area contributed by atoms with Crippen LogP contribution in [0.1, 0.15) is 17.0 Å². The second kappa shape index (κ2) is 4.18. The van der Waals surface area contributed by atoms with Gasteiger partial charge in [0.2, 0.25) is 5.89 Å². The molecule has 17 heavy (non-hydrogen) atoms. The molecule has 2 N–H and O–H groups in total. The van der Waals surface area contributed by atoms with Crippen LogP contribution in [0.4, 0.5) is 5.69 Å². The van der Waals surface area contributed by atoms with Crippen molar-refractivity contribution in [1.82, 2.24) is 15.0 Å². The van der Waals surface area contributed by atoms with Crippen LogP contribution in [0.5, 0.6) is 0 Å². The topological polar surface area (TPSA) is 68.2 Å². The number of hydrogen-bond donors (Lipinski definition) is 1. The lowest BCUT2D eigenvalue weighted by Gasteiger charge is -2.12. The quantitative estimate of drug-likeness (QED) is 0.803. The molecular weight excluding hydrogens is 216 g/mol. The molecule has 0 amide bonds. The minimum Gasteiger partial charge on any atom is -0.399 e. The van der Waals surface area contributed by atoms with Gasteiger partial charge in [0, 0.05) is 31.7 Å². The SMILES string of the molecule is Nc1ccc2c(c1)CN(CCc1ncno1)C2. The molecule has 0 aliphatic carbocycles. The number of rotatable bonds is 3. The maximum atomic E-state index is 5.78. The van der Waals surface area contributed by atoms with Gasteiger partial charge in [-0.3, -0.25) is 4.90 Å². The van der Waals surface area contributed by atoms with Crippen molar-refractivity contribution in [1.29, 1.82) is 0 Å². The lowest BCUT2D eigenvalue weighted by molar-refractivity contribution is 0.270. The van der Waals surface area contributed by atoms with Crippen molar-refractivity contribution in [3.05, 3.63) is 41.5 Å². The Morgan fingerprint density at radius 1 is 1.29 bits per heavy atom. The second-order valence-corrected chi connectivity index (χ2v) is 4.32. The van der Waals surface area contributed by atoms with E-state index in [-0.39, 0.29) is 0 Å². The fourth-order valence-electron chi connectivity index (χ4n) is 2.20. The van der Waals surface area contributed by atoms with Crippen LogP contribution in [-0.2, 0) is 19.5 Å². The molecule has 5 nitrogen and oxygen atoms in total. The normalized spacial score (nSPS) is 15.1. The lowest BCUT2D eigenvalue weighted by Crippen LogP contribution is -2.19. The van der Waals surface area contributed by atoms with E-state index in [9.17, 15) is 0 Å². The minimum absolute atomic E-state index is 0.695. The third-order valence-corrected chi connectivity index (χ3v) is 3.07.